The molecule has 0 radical (unpaired) electrons. The Kier molecular flexibility index (Phi) is 5.39. The summed E-state index contributed by atoms with van der Waals surface area (Å²) >= 11 is 0. The van der Waals surface area contributed by atoms with E-state index in [2.05, 4.69) is 10.4 Å². The Balaban J connectivity index is 1.10. The maximum Gasteiger partial charge on any atom is 0.260 e. The minimum atomic E-state index is 0.00243. The second kappa shape index (κ2) is 8.49. The zero-order valence-electron chi connectivity index (χ0n) is 17.8. The summed E-state index contributed by atoms with van der Waals surface area (Å²) < 4.78 is 7.36. The second-order valence-corrected chi connectivity index (χ2v) is 8.59. The van der Waals surface area contributed by atoms with Gasteiger partial charge >= 0.3 is 0 Å². The number of para-hydroxylation sites is 1. The molecule has 1 N–H and O–H groups in total. The number of hydrogen-bond acceptors (Lipinski definition) is 4. The van der Waals surface area contributed by atoms with Crippen molar-refractivity contribution in [2.75, 3.05) is 25.0 Å². The van der Waals surface area contributed by atoms with Crippen LogP contribution in [0.25, 0.3) is 5.69 Å². The van der Waals surface area contributed by atoms with Gasteiger partial charge in [0, 0.05) is 37.1 Å². The van der Waals surface area contributed by atoms with Gasteiger partial charge in [0.05, 0.1) is 5.69 Å². The van der Waals surface area contributed by atoms with Crippen molar-refractivity contribution in [3.8, 4) is 11.4 Å². The summed E-state index contributed by atoms with van der Waals surface area (Å²) in [5.74, 6) is 0.795. The second-order valence-electron chi connectivity index (χ2n) is 8.59. The molecule has 2 aliphatic rings. The number of piperidine rings is 1. The zero-order valence-corrected chi connectivity index (χ0v) is 17.8. The number of amides is 2. The molecule has 2 amide bonds. The Morgan fingerprint density at radius 1 is 1.03 bits per heavy atom. The smallest absolute Gasteiger partial charge is 0.260 e. The minimum Gasteiger partial charge on any atom is -0.484 e. The highest BCUT2D eigenvalue weighted by Gasteiger charge is 2.58. The lowest BCUT2D eigenvalue weighted by Gasteiger charge is -2.32. The number of benzene rings is 2. The minimum absolute atomic E-state index is 0.00243. The number of carbonyl (C=O) groups excluding carboxylic acids is 2. The molecular formula is C25H26N4O3. The molecule has 7 heteroatoms. The van der Waals surface area contributed by atoms with E-state index in [-0.39, 0.29) is 29.8 Å². The fourth-order valence-electron chi connectivity index (χ4n) is 4.57. The van der Waals surface area contributed by atoms with Crippen LogP contribution in [0.15, 0.2) is 73.1 Å². The van der Waals surface area contributed by atoms with Crippen molar-refractivity contribution in [3.63, 3.8) is 0 Å². The fourth-order valence-corrected chi connectivity index (χ4v) is 4.57. The standard InChI is InChI=1S/C25H26N4O3/c30-23(18-32-21-5-2-1-3-6-21)28-15-11-25(12-16-28)17-22(25)24(31)27-19-7-9-20(10-8-19)29-14-4-13-26-29/h1-10,13-14,22H,11-12,15-18H2,(H,27,31)/t22-/m1/s1. The molecule has 1 aromatic heterocycles. The van der Waals surface area contributed by atoms with Crippen LogP contribution in [-0.2, 0) is 9.59 Å². The van der Waals surface area contributed by atoms with Crippen LogP contribution in [0.4, 0.5) is 5.69 Å². The molecular weight excluding hydrogens is 404 g/mol. The largest absolute Gasteiger partial charge is 0.484 e. The van der Waals surface area contributed by atoms with Gasteiger partial charge in [-0.05, 0) is 67.1 Å². The van der Waals surface area contributed by atoms with Crippen molar-refractivity contribution in [2.24, 2.45) is 11.3 Å². The highest BCUT2D eigenvalue weighted by atomic mass is 16.5. The van der Waals surface area contributed by atoms with Gasteiger partial charge in [-0.1, -0.05) is 18.2 Å². The van der Waals surface area contributed by atoms with Gasteiger partial charge < -0.3 is 15.0 Å². The van der Waals surface area contributed by atoms with E-state index in [0.29, 0.717) is 18.8 Å². The molecule has 1 saturated carbocycles. The predicted octanol–water partition coefficient (Wildman–Crippen LogP) is 3.52. The number of nitrogens with one attached hydrogen (secondary N) is 1. The van der Waals surface area contributed by atoms with Gasteiger partial charge in [0.1, 0.15) is 5.75 Å². The highest BCUT2D eigenvalue weighted by Crippen LogP contribution is 2.59. The first kappa shape index (κ1) is 20.3. The molecule has 5 rings (SSSR count). The summed E-state index contributed by atoms with van der Waals surface area (Å²) in [7, 11) is 0. The molecule has 1 atom stereocenters. The average Bonchev–Trinajstić information content (AvgIpc) is 3.25. The van der Waals surface area contributed by atoms with E-state index >= 15 is 0 Å². The lowest BCUT2D eigenvalue weighted by molar-refractivity contribution is -0.135. The Morgan fingerprint density at radius 2 is 1.78 bits per heavy atom. The lowest BCUT2D eigenvalue weighted by atomic mass is 9.90. The van der Waals surface area contributed by atoms with Gasteiger partial charge in [0.2, 0.25) is 5.91 Å². The van der Waals surface area contributed by atoms with Crippen LogP contribution in [-0.4, -0.2) is 46.2 Å². The van der Waals surface area contributed by atoms with Gasteiger partial charge in [0.15, 0.2) is 6.61 Å². The van der Waals surface area contributed by atoms with E-state index < -0.39 is 0 Å². The molecule has 32 heavy (non-hydrogen) atoms. The first-order valence-corrected chi connectivity index (χ1v) is 11.0. The molecule has 1 aliphatic heterocycles. The van der Waals surface area contributed by atoms with Gasteiger partial charge in [-0.25, -0.2) is 4.68 Å². The van der Waals surface area contributed by atoms with Crippen molar-refractivity contribution in [1.82, 2.24) is 14.7 Å². The monoisotopic (exact) mass is 430 g/mol. The van der Waals surface area contributed by atoms with Crippen molar-refractivity contribution < 1.29 is 14.3 Å². The predicted molar refractivity (Wildman–Crippen MR) is 120 cm³/mol. The Bertz CT molecular complexity index is 1070. The summed E-state index contributed by atoms with van der Waals surface area (Å²) in [5.41, 5.74) is 1.78. The molecule has 1 aliphatic carbocycles. The van der Waals surface area contributed by atoms with E-state index in [1.165, 1.54) is 0 Å². The van der Waals surface area contributed by atoms with Crippen LogP contribution < -0.4 is 10.1 Å². The van der Waals surface area contributed by atoms with Crippen LogP contribution in [0.3, 0.4) is 0 Å². The summed E-state index contributed by atoms with van der Waals surface area (Å²) in [6.45, 7) is 1.41. The quantitative estimate of drug-likeness (QED) is 0.649. The molecule has 1 saturated heterocycles. The molecule has 164 valence electrons. The van der Waals surface area contributed by atoms with Crippen LogP contribution in [0.1, 0.15) is 19.3 Å². The van der Waals surface area contributed by atoms with E-state index in [1.54, 1.807) is 10.9 Å². The third-order valence-electron chi connectivity index (χ3n) is 6.63. The molecule has 0 bridgehead atoms. The third kappa shape index (κ3) is 4.23. The number of likely N-dealkylation sites (tertiary alicyclic amines) is 1. The maximum absolute atomic E-state index is 12.8. The first-order valence-electron chi connectivity index (χ1n) is 11.0. The normalized spacial score (nSPS) is 18.9. The number of ether oxygens (including phenoxy) is 1. The first-order chi connectivity index (χ1) is 15.6. The Labute approximate surface area is 187 Å². The SMILES string of the molecule is O=C(Nc1ccc(-n2cccn2)cc1)[C@H]1CC12CCN(C(=O)COc1ccccc1)CC2. The van der Waals surface area contributed by atoms with Gasteiger partial charge in [-0.15, -0.1) is 0 Å². The number of carbonyl (C=O) groups is 2. The van der Waals surface area contributed by atoms with Gasteiger partial charge in [0.25, 0.3) is 5.91 Å². The van der Waals surface area contributed by atoms with Gasteiger partial charge in [-0.3, -0.25) is 9.59 Å². The third-order valence-corrected chi connectivity index (χ3v) is 6.63. The Morgan fingerprint density at radius 3 is 2.47 bits per heavy atom. The highest BCUT2D eigenvalue weighted by molar-refractivity contribution is 5.95. The topological polar surface area (TPSA) is 76.5 Å². The van der Waals surface area contributed by atoms with Crippen LogP contribution in [0.2, 0.25) is 0 Å². The molecule has 7 nitrogen and oxygen atoms in total. The lowest BCUT2D eigenvalue weighted by Crippen LogP contribution is -2.42. The number of aromatic nitrogens is 2. The summed E-state index contributed by atoms with van der Waals surface area (Å²) in [4.78, 5) is 27.2. The fraction of sp³-hybridized carbons (Fsp3) is 0.320. The zero-order chi connectivity index (χ0) is 22.0. The molecule has 0 unspecified atom stereocenters. The average molecular weight is 431 g/mol. The van der Waals surface area contributed by atoms with Crippen molar-refractivity contribution in [3.05, 3.63) is 73.1 Å². The maximum atomic E-state index is 12.8. The molecule has 2 fully saturated rings. The van der Waals surface area contributed by atoms with Crippen molar-refractivity contribution >= 4 is 17.5 Å². The van der Waals surface area contributed by atoms with Crippen molar-refractivity contribution in [1.29, 1.82) is 0 Å². The summed E-state index contributed by atoms with van der Waals surface area (Å²) in [5, 5.41) is 7.26. The number of anilines is 1. The van der Waals surface area contributed by atoms with Crippen LogP contribution >= 0.6 is 0 Å². The van der Waals surface area contributed by atoms with E-state index in [9.17, 15) is 9.59 Å². The van der Waals surface area contributed by atoms with E-state index in [0.717, 1.165) is 30.6 Å². The van der Waals surface area contributed by atoms with Crippen LogP contribution in [0, 0.1) is 11.3 Å². The van der Waals surface area contributed by atoms with Gasteiger partial charge in [-0.2, -0.15) is 5.10 Å². The summed E-state index contributed by atoms with van der Waals surface area (Å²) in [6, 6.07) is 18.9. The van der Waals surface area contributed by atoms with E-state index in [1.807, 2.05) is 71.8 Å². The molecule has 1 spiro atoms. The van der Waals surface area contributed by atoms with E-state index in [4.69, 9.17) is 4.74 Å². The molecule has 2 aromatic carbocycles. The molecule has 2 heterocycles. The number of rotatable bonds is 6. The molecule has 3 aromatic rings. The summed E-state index contributed by atoms with van der Waals surface area (Å²) in [6.07, 6.45) is 6.23. The number of hydrogen-bond donors (Lipinski definition) is 1. The number of nitrogens with zero attached hydrogens (tertiary/aromatic N) is 3. The van der Waals surface area contributed by atoms with Crippen molar-refractivity contribution in [2.45, 2.75) is 19.3 Å². The van der Waals surface area contributed by atoms with Crippen LogP contribution in [0.5, 0.6) is 5.75 Å². The Hall–Kier alpha value is -3.61.